The van der Waals surface area contributed by atoms with E-state index in [9.17, 15) is 9.18 Å². The van der Waals surface area contributed by atoms with E-state index in [1.165, 1.54) is 18.6 Å². The second kappa shape index (κ2) is 6.48. The van der Waals surface area contributed by atoms with Crippen LogP contribution >= 0.6 is 0 Å². The van der Waals surface area contributed by atoms with Crippen LogP contribution in [0.3, 0.4) is 0 Å². The predicted molar refractivity (Wildman–Crippen MR) is 93.4 cm³/mol. The molecule has 2 unspecified atom stereocenters. The Morgan fingerprint density at radius 1 is 1.28 bits per heavy atom. The number of carbonyl (C=O) groups is 1. The van der Waals surface area contributed by atoms with Crippen molar-refractivity contribution in [1.82, 2.24) is 20.0 Å². The van der Waals surface area contributed by atoms with E-state index >= 15 is 0 Å². The third-order valence-corrected chi connectivity index (χ3v) is 4.99. The van der Waals surface area contributed by atoms with Gasteiger partial charge in [0.15, 0.2) is 5.82 Å². The van der Waals surface area contributed by atoms with Crippen molar-refractivity contribution in [1.29, 1.82) is 0 Å². The van der Waals surface area contributed by atoms with Crippen LogP contribution in [0.2, 0.25) is 0 Å². The van der Waals surface area contributed by atoms with Crippen LogP contribution in [-0.2, 0) is 0 Å². The number of carbonyl (C=O) groups excluding carboxylic acids is 1. The number of likely N-dealkylation sites (tertiary alicyclic amines) is 1. The van der Waals surface area contributed by atoms with Crippen LogP contribution in [0.5, 0.6) is 0 Å². The number of amides is 2. The van der Waals surface area contributed by atoms with E-state index in [1.54, 1.807) is 22.9 Å². The molecule has 2 bridgehead atoms. The normalized spacial score (nSPS) is 22.7. The molecule has 2 fully saturated rings. The number of fused-ring (bicyclic) bond motifs is 2. The molecule has 6 nitrogen and oxygen atoms in total. The summed E-state index contributed by atoms with van der Waals surface area (Å²) in [6.07, 6.45) is 3.32. The van der Waals surface area contributed by atoms with E-state index in [1.807, 2.05) is 11.8 Å². The number of aryl methyl sites for hydroxylation is 1. The van der Waals surface area contributed by atoms with Gasteiger partial charge in [0.05, 0.1) is 5.69 Å². The number of nitrogens with zero attached hydrogens (tertiary/aromatic N) is 3. The smallest absolute Gasteiger partial charge is 0.323 e. The molecular weight excluding hydrogens is 321 g/mol. The number of anilines is 1. The van der Waals surface area contributed by atoms with Crippen molar-refractivity contribution in [3.8, 4) is 5.69 Å². The van der Waals surface area contributed by atoms with Crippen molar-refractivity contribution in [2.75, 3.05) is 18.4 Å². The van der Waals surface area contributed by atoms with E-state index < -0.39 is 0 Å². The van der Waals surface area contributed by atoms with Crippen molar-refractivity contribution in [3.63, 3.8) is 0 Å². The lowest BCUT2D eigenvalue weighted by Gasteiger charge is -2.24. The van der Waals surface area contributed by atoms with Gasteiger partial charge in [-0.2, -0.15) is 0 Å². The van der Waals surface area contributed by atoms with Crippen molar-refractivity contribution >= 4 is 11.8 Å². The van der Waals surface area contributed by atoms with Gasteiger partial charge in [0.1, 0.15) is 5.82 Å². The second-order valence-corrected chi connectivity index (χ2v) is 6.87. The maximum absolute atomic E-state index is 13.4. The Labute approximate surface area is 146 Å². The first-order valence-corrected chi connectivity index (χ1v) is 8.73. The van der Waals surface area contributed by atoms with Gasteiger partial charge < -0.3 is 10.2 Å². The Hall–Kier alpha value is -2.41. The predicted octanol–water partition coefficient (Wildman–Crippen LogP) is 2.68. The molecule has 2 aliphatic heterocycles. The van der Waals surface area contributed by atoms with Crippen molar-refractivity contribution in [2.24, 2.45) is 0 Å². The summed E-state index contributed by atoms with van der Waals surface area (Å²) >= 11 is 0. The van der Waals surface area contributed by atoms with Crippen molar-refractivity contribution in [3.05, 3.63) is 41.8 Å². The lowest BCUT2D eigenvalue weighted by molar-refractivity contribution is 0.208. The van der Waals surface area contributed by atoms with Gasteiger partial charge in [-0.1, -0.05) is 6.07 Å². The summed E-state index contributed by atoms with van der Waals surface area (Å²) in [7, 11) is 0. The summed E-state index contributed by atoms with van der Waals surface area (Å²) < 4.78 is 15.1. The zero-order valence-electron chi connectivity index (χ0n) is 14.2. The topological polar surface area (TPSA) is 62.2 Å². The fourth-order valence-electron chi connectivity index (χ4n) is 3.72. The summed E-state index contributed by atoms with van der Waals surface area (Å²) in [5.74, 6) is 0.166. The molecule has 3 heterocycles. The Morgan fingerprint density at radius 3 is 2.96 bits per heavy atom. The van der Waals surface area contributed by atoms with Gasteiger partial charge >= 0.3 is 6.03 Å². The molecule has 2 saturated heterocycles. The highest BCUT2D eigenvalue weighted by atomic mass is 19.1. The van der Waals surface area contributed by atoms with Gasteiger partial charge in [-0.15, -0.1) is 5.10 Å². The molecule has 25 heavy (non-hydrogen) atoms. The molecule has 0 radical (unpaired) electrons. The molecule has 0 saturated carbocycles. The standard InChI is InChI=1S/C18H22FN5O/c1-12-9-17(22-24(12)16-4-2-3-13(19)10-16)21-18(25)23-8-7-14-5-6-15(11-23)20-14/h2-4,9-10,14-15,20H,5-8,11H2,1H3,(H,21,22,25). The summed E-state index contributed by atoms with van der Waals surface area (Å²) in [6, 6.07) is 8.84. The fraction of sp³-hybridized carbons (Fsp3) is 0.444. The highest BCUT2D eigenvalue weighted by Crippen LogP contribution is 2.21. The minimum atomic E-state index is -0.315. The van der Waals surface area contributed by atoms with Gasteiger partial charge in [-0.3, -0.25) is 5.32 Å². The van der Waals surface area contributed by atoms with Crippen LogP contribution in [0.1, 0.15) is 25.0 Å². The van der Waals surface area contributed by atoms with E-state index in [4.69, 9.17) is 0 Å². The third-order valence-electron chi connectivity index (χ3n) is 4.99. The number of rotatable bonds is 2. The average Bonchev–Trinajstić information content (AvgIpc) is 3.09. The number of urea groups is 1. The summed E-state index contributed by atoms with van der Waals surface area (Å²) in [5, 5.41) is 10.8. The number of halogens is 1. The quantitative estimate of drug-likeness (QED) is 0.881. The van der Waals surface area contributed by atoms with Crippen LogP contribution in [0.4, 0.5) is 15.0 Å². The van der Waals surface area contributed by atoms with Crippen LogP contribution < -0.4 is 10.6 Å². The largest absolute Gasteiger partial charge is 0.323 e. The molecule has 2 aliphatic rings. The van der Waals surface area contributed by atoms with Crippen molar-refractivity contribution < 1.29 is 9.18 Å². The molecule has 2 amide bonds. The van der Waals surface area contributed by atoms with E-state index in [0.717, 1.165) is 31.6 Å². The minimum Gasteiger partial charge on any atom is -0.323 e. The molecule has 2 N–H and O–H groups in total. The maximum atomic E-state index is 13.4. The Morgan fingerprint density at radius 2 is 2.12 bits per heavy atom. The number of benzene rings is 1. The van der Waals surface area contributed by atoms with Gasteiger partial charge in [0, 0.05) is 36.9 Å². The van der Waals surface area contributed by atoms with Gasteiger partial charge in [-0.25, -0.2) is 13.9 Å². The average molecular weight is 343 g/mol. The van der Waals surface area contributed by atoms with E-state index in [2.05, 4.69) is 15.7 Å². The van der Waals surface area contributed by atoms with E-state index in [-0.39, 0.29) is 11.8 Å². The first-order valence-electron chi connectivity index (χ1n) is 8.73. The summed E-state index contributed by atoms with van der Waals surface area (Å²) in [6.45, 7) is 3.36. The molecule has 4 rings (SSSR count). The van der Waals surface area contributed by atoms with Gasteiger partial charge in [0.25, 0.3) is 0 Å². The van der Waals surface area contributed by atoms with Crippen LogP contribution in [0.25, 0.3) is 5.69 Å². The number of hydrogen-bond donors (Lipinski definition) is 2. The van der Waals surface area contributed by atoms with Crippen LogP contribution in [0, 0.1) is 12.7 Å². The SMILES string of the molecule is Cc1cc(NC(=O)N2CCC3CCC(C2)N3)nn1-c1cccc(F)c1. The number of aromatic nitrogens is 2. The molecule has 132 valence electrons. The first-order chi connectivity index (χ1) is 12.1. The summed E-state index contributed by atoms with van der Waals surface area (Å²) in [4.78, 5) is 14.4. The molecule has 1 aromatic carbocycles. The minimum absolute atomic E-state index is 0.127. The Balaban J connectivity index is 1.47. The van der Waals surface area contributed by atoms with Crippen LogP contribution in [-0.4, -0.2) is 45.9 Å². The molecule has 2 aromatic rings. The molecule has 2 atom stereocenters. The zero-order valence-corrected chi connectivity index (χ0v) is 14.2. The van der Waals surface area contributed by atoms with Crippen molar-refractivity contribution in [2.45, 2.75) is 38.3 Å². The molecule has 7 heteroatoms. The number of hydrogen-bond acceptors (Lipinski definition) is 3. The van der Waals surface area contributed by atoms with E-state index in [0.29, 0.717) is 23.6 Å². The van der Waals surface area contributed by atoms with Gasteiger partial charge in [-0.05, 0) is 44.4 Å². The van der Waals surface area contributed by atoms with Crippen LogP contribution in [0.15, 0.2) is 30.3 Å². The second-order valence-electron chi connectivity index (χ2n) is 6.87. The molecule has 0 aliphatic carbocycles. The van der Waals surface area contributed by atoms with Gasteiger partial charge in [0.2, 0.25) is 0 Å². The Bertz CT molecular complexity index is 790. The highest BCUT2D eigenvalue weighted by Gasteiger charge is 2.31. The number of nitrogens with one attached hydrogen (secondary N) is 2. The zero-order chi connectivity index (χ0) is 17.4. The highest BCUT2D eigenvalue weighted by molar-refractivity contribution is 5.88. The monoisotopic (exact) mass is 343 g/mol. The summed E-state index contributed by atoms with van der Waals surface area (Å²) in [5.41, 5.74) is 1.46. The first kappa shape index (κ1) is 16.1. The lowest BCUT2D eigenvalue weighted by Crippen LogP contribution is -2.41. The lowest BCUT2D eigenvalue weighted by atomic mass is 10.1. The maximum Gasteiger partial charge on any atom is 0.323 e. The molecule has 0 spiro atoms. The fourth-order valence-corrected chi connectivity index (χ4v) is 3.72. The molecular formula is C18H22FN5O. The molecule has 1 aromatic heterocycles. The third kappa shape index (κ3) is 3.37. The Kier molecular flexibility index (Phi) is 4.17.